The highest BCUT2D eigenvalue weighted by molar-refractivity contribution is 5.75. The number of fused-ring (bicyclic) bond motifs is 1. The van der Waals surface area contributed by atoms with Crippen LogP contribution in [0.3, 0.4) is 0 Å². The standard InChI is InChI=1S/C12H16N4/c1-13-11-9-14-16-7-4-10(8-12(11)16)15-5-2-3-6-15/h4,7-9,13H,2-3,5-6H2,1H3. The van der Waals surface area contributed by atoms with Gasteiger partial charge in [-0.1, -0.05) is 0 Å². The molecule has 2 aromatic heterocycles. The first-order valence-electron chi connectivity index (χ1n) is 5.78. The Kier molecular flexibility index (Phi) is 2.20. The molecular formula is C12H16N4. The molecule has 1 aliphatic heterocycles. The largest absolute Gasteiger partial charge is 0.385 e. The Morgan fingerprint density at radius 1 is 1.31 bits per heavy atom. The molecular weight excluding hydrogens is 200 g/mol. The fourth-order valence-corrected chi connectivity index (χ4v) is 2.33. The van der Waals surface area contributed by atoms with Crippen LogP contribution in [0.15, 0.2) is 24.5 Å². The molecule has 1 N–H and O–H groups in total. The van der Waals surface area contributed by atoms with E-state index in [0.717, 1.165) is 11.2 Å². The zero-order chi connectivity index (χ0) is 11.0. The quantitative estimate of drug-likeness (QED) is 0.833. The summed E-state index contributed by atoms with van der Waals surface area (Å²) in [5, 5.41) is 7.46. The summed E-state index contributed by atoms with van der Waals surface area (Å²) in [6, 6.07) is 4.36. The Bertz CT molecular complexity index is 497. The van der Waals surface area contributed by atoms with Crippen molar-refractivity contribution in [1.82, 2.24) is 9.61 Å². The van der Waals surface area contributed by atoms with Crippen molar-refractivity contribution >= 4 is 16.9 Å². The molecule has 0 spiro atoms. The number of hydrogen-bond acceptors (Lipinski definition) is 3. The predicted molar refractivity (Wildman–Crippen MR) is 66.2 cm³/mol. The van der Waals surface area contributed by atoms with Crippen molar-refractivity contribution in [3.05, 3.63) is 24.5 Å². The van der Waals surface area contributed by atoms with Gasteiger partial charge in [-0.05, 0) is 25.0 Å². The SMILES string of the molecule is CNc1cnn2ccc(N3CCCC3)cc12. The molecule has 3 heterocycles. The van der Waals surface area contributed by atoms with Gasteiger partial charge < -0.3 is 10.2 Å². The molecule has 0 atom stereocenters. The minimum Gasteiger partial charge on any atom is -0.385 e. The lowest BCUT2D eigenvalue weighted by atomic mass is 10.3. The summed E-state index contributed by atoms with van der Waals surface area (Å²) in [5.41, 5.74) is 3.54. The van der Waals surface area contributed by atoms with Gasteiger partial charge in [-0.3, -0.25) is 0 Å². The molecule has 0 radical (unpaired) electrons. The second-order valence-electron chi connectivity index (χ2n) is 4.22. The number of nitrogens with one attached hydrogen (secondary N) is 1. The second-order valence-corrected chi connectivity index (χ2v) is 4.22. The Balaban J connectivity index is 2.06. The van der Waals surface area contributed by atoms with Crippen molar-refractivity contribution in [1.29, 1.82) is 0 Å². The van der Waals surface area contributed by atoms with Gasteiger partial charge in [0.25, 0.3) is 0 Å². The first kappa shape index (κ1) is 9.51. The van der Waals surface area contributed by atoms with Crippen molar-refractivity contribution < 1.29 is 0 Å². The first-order valence-corrected chi connectivity index (χ1v) is 5.78. The van der Waals surface area contributed by atoms with Gasteiger partial charge in [-0.25, -0.2) is 4.52 Å². The van der Waals surface area contributed by atoms with Crippen LogP contribution in [0.25, 0.3) is 5.52 Å². The molecule has 0 unspecified atom stereocenters. The summed E-state index contributed by atoms with van der Waals surface area (Å²) in [7, 11) is 1.93. The molecule has 1 saturated heterocycles. The van der Waals surface area contributed by atoms with Crippen LogP contribution in [0, 0.1) is 0 Å². The van der Waals surface area contributed by atoms with Gasteiger partial charge in [0.05, 0.1) is 17.4 Å². The van der Waals surface area contributed by atoms with E-state index in [1.165, 1.54) is 31.6 Å². The number of anilines is 2. The number of rotatable bonds is 2. The minimum atomic E-state index is 1.08. The monoisotopic (exact) mass is 216 g/mol. The van der Waals surface area contributed by atoms with E-state index in [1.54, 1.807) is 0 Å². The maximum Gasteiger partial charge on any atom is 0.0913 e. The molecule has 1 fully saturated rings. The molecule has 0 aliphatic carbocycles. The highest BCUT2D eigenvalue weighted by Gasteiger charge is 2.13. The third-order valence-electron chi connectivity index (χ3n) is 3.25. The van der Waals surface area contributed by atoms with Crippen molar-refractivity contribution in [3.8, 4) is 0 Å². The Morgan fingerprint density at radius 2 is 2.12 bits per heavy atom. The van der Waals surface area contributed by atoms with Gasteiger partial charge >= 0.3 is 0 Å². The van der Waals surface area contributed by atoms with Gasteiger partial charge in [-0.2, -0.15) is 5.10 Å². The third-order valence-corrected chi connectivity index (χ3v) is 3.25. The maximum absolute atomic E-state index is 4.29. The van der Waals surface area contributed by atoms with Gasteiger partial charge in [0.2, 0.25) is 0 Å². The molecule has 2 aromatic rings. The summed E-state index contributed by atoms with van der Waals surface area (Å²) < 4.78 is 1.91. The van der Waals surface area contributed by atoms with E-state index in [4.69, 9.17) is 0 Å². The van der Waals surface area contributed by atoms with E-state index < -0.39 is 0 Å². The van der Waals surface area contributed by atoms with Crippen LogP contribution >= 0.6 is 0 Å². The number of pyridine rings is 1. The zero-order valence-electron chi connectivity index (χ0n) is 9.48. The summed E-state index contributed by atoms with van der Waals surface area (Å²) in [4.78, 5) is 2.44. The highest BCUT2D eigenvalue weighted by atomic mass is 15.2. The van der Waals surface area contributed by atoms with Crippen LogP contribution in [-0.4, -0.2) is 29.8 Å². The van der Waals surface area contributed by atoms with Gasteiger partial charge in [-0.15, -0.1) is 0 Å². The van der Waals surface area contributed by atoms with Crippen LogP contribution in [0.1, 0.15) is 12.8 Å². The number of hydrogen-bond donors (Lipinski definition) is 1. The summed E-state index contributed by atoms with van der Waals surface area (Å²) in [6.45, 7) is 2.36. The molecule has 0 saturated carbocycles. The van der Waals surface area contributed by atoms with Gasteiger partial charge in [0.15, 0.2) is 0 Å². The predicted octanol–water partition coefficient (Wildman–Crippen LogP) is 1.98. The van der Waals surface area contributed by atoms with Gasteiger partial charge in [0, 0.05) is 32.0 Å². The minimum absolute atomic E-state index is 1.08. The molecule has 3 rings (SSSR count). The fraction of sp³-hybridized carbons (Fsp3) is 0.417. The Labute approximate surface area is 94.9 Å². The zero-order valence-corrected chi connectivity index (χ0v) is 9.48. The average molecular weight is 216 g/mol. The van der Waals surface area contributed by atoms with Crippen LogP contribution in [0.5, 0.6) is 0 Å². The molecule has 16 heavy (non-hydrogen) atoms. The van der Waals surface area contributed by atoms with Crippen molar-refractivity contribution in [2.24, 2.45) is 0 Å². The van der Waals surface area contributed by atoms with E-state index in [-0.39, 0.29) is 0 Å². The topological polar surface area (TPSA) is 32.6 Å². The second kappa shape index (κ2) is 3.70. The average Bonchev–Trinajstić information content (AvgIpc) is 2.97. The molecule has 84 valence electrons. The fourth-order valence-electron chi connectivity index (χ4n) is 2.33. The Hall–Kier alpha value is -1.71. The molecule has 1 aliphatic rings. The van der Waals surface area contributed by atoms with Crippen LogP contribution in [0.4, 0.5) is 11.4 Å². The smallest absolute Gasteiger partial charge is 0.0913 e. The van der Waals surface area contributed by atoms with Crippen LogP contribution in [-0.2, 0) is 0 Å². The van der Waals surface area contributed by atoms with E-state index >= 15 is 0 Å². The lowest BCUT2D eigenvalue weighted by Gasteiger charge is -2.17. The van der Waals surface area contributed by atoms with Gasteiger partial charge in [0.1, 0.15) is 0 Å². The van der Waals surface area contributed by atoms with Crippen LogP contribution < -0.4 is 10.2 Å². The van der Waals surface area contributed by atoms with E-state index in [0.29, 0.717) is 0 Å². The van der Waals surface area contributed by atoms with E-state index in [9.17, 15) is 0 Å². The lowest BCUT2D eigenvalue weighted by Crippen LogP contribution is -2.17. The highest BCUT2D eigenvalue weighted by Crippen LogP contribution is 2.24. The Morgan fingerprint density at radius 3 is 2.88 bits per heavy atom. The number of nitrogens with zero attached hydrogens (tertiary/aromatic N) is 3. The van der Waals surface area contributed by atoms with Crippen molar-refractivity contribution in [2.75, 3.05) is 30.4 Å². The summed E-state index contributed by atoms with van der Waals surface area (Å²) in [6.07, 6.45) is 6.51. The normalized spacial score (nSPS) is 15.9. The van der Waals surface area contributed by atoms with Crippen LogP contribution in [0.2, 0.25) is 0 Å². The summed E-state index contributed by atoms with van der Waals surface area (Å²) in [5.74, 6) is 0. The van der Waals surface area contributed by atoms with E-state index in [2.05, 4.69) is 27.4 Å². The first-order chi connectivity index (χ1) is 7.88. The molecule has 0 amide bonds. The third kappa shape index (κ3) is 1.41. The molecule has 4 nitrogen and oxygen atoms in total. The lowest BCUT2D eigenvalue weighted by molar-refractivity contribution is 0.936. The molecule has 0 bridgehead atoms. The molecule has 0 aromatic carbocycles. The maximum atomic E-state index is 4.29. The van der Waals surface area contributed by atoms with Crippen molar-refractivity contribution in [2.45, 2.75) is 12.8 Å². The summed E-state index contributed by atoms with van der Waals surface area (Å²) >= 11 is 0. The van der Waals surface area contributed by atoms with E-state index in [1.807, 2.05) is 24.0 Å². The number of aromatic nitrogens is 2. The van der Waals surface area contributed by atoms with Crippen molar-refractivity contribution in [3.63, 3.8) is 0 Å². The molecule has 4 heteroatoms.